The number of benzene rings is 1. The lowest BCUT2D eigenvalue weighted by Gasteiger charge is -2.01. The maximum atomic E-state index is 11.6. The zero-order valence-electron chi connectivity index (χ0n) is 10.9. The second kappa shape index (κ2) is 6.43. The summed E-state index contributed by atoms with van der Waals surface area (Å²) in [4.78, 5) is 26.8. The predicted octanol–water partition coefficient (Wildman–Crippen LogP) is 2.90. The SMILES string of the molecule is CC(=O)c1ccc(OC(=O)C=Cc2ccccn2)cc1. The standard InChI is InChI=1S/C16H13NO3/c1-12(18)13-5-8-15(9-6-13)20-16(19)10-7-14-4-2-3-11-17-14/h2-11H,1H3. The molecule has 20 heavy (non-hydrogen) atoms. The molecule has 0 unspecified atom stereocenters. The zero-order valence-corrected chi connectivity index (χ0v) is 10.9. The first kappa shape index (κ1) is 13.7. The number of ether oxygens (including phenoxy) is 1. The number of carbonyl (C=O) groups excluding carboxylic acids is 2. The number of nitrogens with zero attached hydrogens (tertiary/aromatic N) is 1. The first-order chi connectivity index (χ1) is 9.65. The van der Waals surface area contributed by atoms with Gasteiger partial charge in [-0.3, -0.25) is 9.78 Å². The van der Waals surface area contributed by atoms with E-state index in [9.17, 15) is 9.59 Å². The average molecular weight is 267 g/mol. The number of pyridine rings is 1. The summed E-state index contributed by atoms with van der Waals surface area (Å²) in [7, 11) is 0. The number of ketones is 1. The van der Waals surface area contributed by atoms with Crippen LogP contribution in [0.15, 0.2) is 54.7 Å². The van der Waals surface area contributed by atoms with Gasteiger partial charge in [0.15, 0.2) is 5.78 Å². The highest BCUT2D eigenvalue weighted by molar-refractivity contribution is 5.94. The molecule has 0 radical (unpaired) electrons. The van der Waals surface area contributed by atoms with Gasteiger partial charge in [0.25, 0.3) is 0 Å². The van der Waals surface area contributed by atoms with Crippen molar-refractivity contribution in [2.45, 2.75) is 6.92 Å². The van der Waals surface area contributed by atoms with Crippen molar-refractivity contribution in [2.75, 3.05) is 0 Å². The van der Waals surface area contributed by atoms with E-state index in [0.717, 1.165) is 0 Å². The van der Waals surface area contributed by atoms with Crippen LogP contribution in [0.25, 0.3) is 6.08 Å². The largest absolute Gasteiger partial charge is 0.423 e. The number of rotatable bonds is 4. The molecule has 2 rings (SSSR count). The van der Waals surface area contributed by atoms with E-state index >= 15 is 0 Å². The van der Waals surface area contributed by atoms with Crippen molar-refractivity contribution in [1.29, 1.82) is 0 Å². The van der Waals surface area contributed by atoms with Crippen LogP contribution in [0.5, 0.6) is 5.75 Å². The van der Waals surface area contributed by atoms with Gasteiger partial charge in [-0.05, 0) is 49.4 Å². The van der Waals surface area contributed by atoms with Gasteiger partial charge in [-0.1, -0.05) is 6.07 Å². The number of aromatic nitrogens is 1. The molecular weight excluding hydrogens is 254 g/mol. The molecule has 0 N–H and O–H groups in total. The van der Waals surface area contributed by atoms with Gasteiger partial charge in [0.1, 0.15) is 5.75 Å². The summed E-state index contributed by atoms with van der Waals surface area (Å²) in [6, 6.07) is 11.8. The molecule has 0 bridgehead atoms. The molecule has 1 aromatic heterocycles. The lowest BCUT2D eigenvalue weighted by molar-refractivity contribution is -0.128. The van der Waals surface area contributed by atoms with Gasteiger partial charge in [-0.2, -0.15) is 0 Å². The third-order valence-electron chi connectivity index (χ3n) is 2.56. The highest BCUT2D eigenvalue weighted by atomic mass is 16.5. The van der Waals surface area contributed by atoms with E-state index in [1.54, 1.807) is 48.7 Å². The summed E-state index contributed by atoms with van der Waals surface area (Å²) in [5.74, 6) is -0.130. The van der Waals surface area contributed by atoms with Crippen molar-refractivity contribution in [3.05, 3.63) is 66.0 Å². The fourth-order valence-corrected chi connectivity index (χ4v) is 1.54. The zero-order chi connectivity index (χ0) is 14.4. The third-order valence-corrected chi connectivity index (χ3v) is 2.56. The summed E-state index contributed by atoms with van der Waals surface area (Å²) >= 11 is 0. The minimum absolute atomic E-state index is 0.0297. The Kier molecular flexibility index (Phi) is 4.39. The second-order valence-electron chi connectivity index (χ2n) is 4.09. The molecule has 1 aromatic carbocycles. The van der Waals surface area contributed by atoms with Gasteiger partial charge in [0.2, 0.25) is 0 Å². The average Bonchev–Trinajstić information content (AvgIpc) is 2.47. The Bertz CT molecular complexity index is 631. The lowest BCUT2D eigenvalue weighted by atomic mass is 10.1. The van der Waals surface area contributed by atoms with Gasteiger partial charge < -0.3 is 4.74 Å². The highest BCUT2D eigenvalue weighted by Crippen LogP contribution is 2.13. The second-order valence-corrected chi connectivity index (χ2v) is 4.09. The maximum Gasteiger partial charge on any atom is 0.336 e. The Morgan fingerprint density at radius 1 is 1.10 bits per heavy atom. The monoisotopic (exact) mass is 267 g/mol. The van der Waals surface area contributed by atoms with Crippen molar-refractivity contribution in [3.63, 3.8) is 0 Å². The first-order valence-corrected chi connectivity index (χ1v) is 6.07. The number of hydrogen-bond donors (Lipinski definition) is 0. The van der Waals surface area contributed by atoms with Gasteiger partial charge in [0, 0.05) is 17.8 Å². The summed E-state index contributed by atoms with van der Waals surface area (Å²) in [5, 5.41) is 0. The molecule has 0 aliphatic rings. The van der Waals surface area contributed by atoms with Crippen molar-refractivity contribution < 1.29 is 14.3 Å². The number of esters is 1. The normalized spacial score (nSPS) is 10.4. The maximum absolute atomic E-state index is 11.6. The summed E-state index contributed by atoms with van der Waals surface area (Å²) in [6.45, 7) is 1.48. The van der Waals surface area contributed by atoms with Crippen LogP contribution in [-0.2, 0) is 4.79 Å². The fraction of sp³-hybridized carbons (Fsp3) is 0.0625. The van der Waals surface area contributed by atoms with E-state index in [0.29, 0.717) is 17.0 Å². The quantitative estimate of drug-likeness (QED) is 0.370. The van der Waals surface area contributed by atoms with Gasteiger partial charge in [-0.25, -0.2) is 4.79 Å². The van der Waals surface area contributed by atoms with Crippen LogP contribution in [-0.4, -0.2) is 16.7 Å². The number of hydrogen-bond acceptors (Lipinski definition) is 4. The molecule has 100 valence electrons. The number of carbonyl (C=O) groups is 2. The molecular formula is C16H13NO3. The fourth-order valence-electron chi connectivity index (χ4n) is 1.54. The molecule has 0 spiro atoms. The minimum atomic E-state index is -0.494. The van der Waals surface area contributed by atoms with Crippen molar-refractivity contribution >= 4 is 17.8 Å². The topological polar surface area (TPSA) is 56.3 Å². The summed E-state index contributed by atoms with van der Waals surface area (Å²) < 4.78 is 5.11. The van der Waals surface area contributed by atoms with Crippen LogP contribution >= 0.6 is 0 Å². The Balaban J connectivity index is 1.98. The molecule has 0 saturated heterocycles. The van der Waals surface area contributed by atoms with Crippen LogP contribution in [0, 0.1) is 0 Å². The van der Waals surface area contributed by atoms with Gasteiger partial charge in [0.05, 0.1) is 5.69 Å². The van der Waals surface area contributed by atoms with Crippen LogP contribution in [0.4, 0.5) is 0 Å². The molecule has 0 fully saturated rings. The Morgan fingerprint density at radius 3 is 2.45 bits per heavy atom. The van der Waals surface area contributed by atoms with E-state index in [1.807, 2.05) is 6.07 Å². The van der Waals surface area contributed by atoms with E-state index in [-0.39, 0.29) is 5.78 Å². The number of Topliss-reactive ketones (excluding diaryl/α,β-unsaturated/α-hetero) is 1. The van der Waals surface area contributed by atoms with Crippen LogP contribution in [0.2, 0.25) is 0 Å². The molecule has 0 aliphatic carbocycles. The molecule has 0 atom stereocenters. The predicted molar refractivity (Wildman–Crippen MR) is 75.4 cm³/mol. The molecule has 4 heteroatoms. The van der Waals surface area contributed by atoms with Crippen LogP contribution < -0.4 is 4.74 Å². The molecule has 2 aromatic rings. The van der Waals surface area contributed by atoms with E-state index in [2.05, 4.69) is 4.98 Å². The Labute approximate surface area is 116 Å². The van der Waals surface area contributed by atoms with Crippen LogP contribution in [0.1, 0.15) is 23.0 Å². The molecule has 4 nitrogen and oxygen atoms in total. The Morgan fingerprint density at radius 2 is 1.85 bits per heavy atom. The first-order valence-electron chi connectivity index (χ1n) is 6.07. The summed E-state index contributed by atoms with van der Waals surface area (Å²) in [6.07, 6.45) is 4.53. The van der Waals surface area contributed by atoms with Gasteiger partial charge in [-0.15, -0.1) is 0 Å². The summed E-state index contributed by atoms with van der Waals surface area (Å²) in [5.41, 5.74) is 1.25. The van der Waals surface area contributed by atoms with Crippen LogP contribution in [0.3, 0.4) is 0 Å². The molecule has 0 aliphatic heterocycles. The van der Waals surface area contributed by atoms with Crippen molar-refractivity contribution in [3.8, 4) is 5.75 Å². The molecule has 0 amide bonds. The van der Waals surface area contributed by atoms with E-state index < -0.39 is 5.97 Å². The van der Waals surface area contributed by atoms with Crippen molar-refractivity contribution in [2.24, 2.45) is 0 Å². The molecule has 0 saturated carbocycles. The molecule has 1 heterocycles. The van der Waals surface area contributed by atoms with E-state index in [4.69, 9.17) is 4.74 Å². The Hall–Kier alpha value is -2.75. The third kappa shape index (κ3) is 3.88. The van der Waals surface area contributed by atoms with Gasteiger partial charge >= 0.3 is 5.97 Å². The highest BCUT2D eigenvalue weighted by Gasteiger charge is 2.02. The lowest BCUT2D eigenvalue weighted by Crippen LogP contribution is -2.04. The minimum Gasteiger partial charge on any atom is -0.423 e. The smallest absolute Gasteiger partial charge is 0.336 e. The van der Waals surface area contributed by atoms with E-state index in [1.165, 1.54) is 13.0 Å². The van der Waals surface area contributed by atoms with Crippen molar-refractivity contribution in [1.82, 2.24) is 4.98 Å².